The van der Waals surface area contributed by atoms with Crippen LogP contribution in [0, 0.1) is 5.41 Å². The fraction of sp³-hybridized carbons (Fsp3) is 0.750. The van der Waals surface area contributed by atoms with Gasteiger partial charge >= 0.3 is 0 Å². The number of hydrogen-bond donors (Lipinski definition) is 1. The van der Waals surface area contributed by atoms with E-state index in [0.717, 1.165) is 25.9 Å². The summed E-state index contributed by atoms with van der Waals surface area (Å²) < 4.78 is 0. The third kappa shape index (κ3) is 1.30. The van der Waals surface area contributed by atoms with Crippen molar-refractivity contribution in [2.75, 3.05) is 19.7 Å². The van der Waals surface area contributed by atoms with E-state index in [-0.39, 0.29) is 17.8 Å². The quantitative estimate of drug-likeness (QED) is 0.704. The summed E-state index contributed by atoms with van der Waals surface area (Å²) >= 11 is 0. The summed E-state index contributed by atoms with van der Waals surface area (Å²) in [5.41, 5.74) is -0.868. The van der Waals surface area contributed by atoms with E-state index in [1.807, 2.05) is 6.92 Å². The van der Waals surface area contributed by atoms with Crippen molar-refractivity contribution in [3.8, 4) is 0 Å². The van der Waals surface area contributed by atoms with Gasteiger partial charge in [-0.25, -0.2) is 0 Å². The summed E-state index contributed by atoms with van der Waals surface area (Å²) in [4.78, 5) is 14.5. The zero-order valence-corrected chi connectivity index (χ0v) is 9.33. The van der Waals surface area contributed by atoms with Crippen molar-refractivity contribution in [3.63, 3.8) is 0 Å². The Morgan fingerprint density at radius 1 is 1.53 bits per heavy atom. The van der Waals surface area contributed by atoms with Gasteiger partial charge < -0.3 is 5.11 Å². The van der Waals surface area contributed by atoms with Crippen LogP contribution in [0.15, 0.2) is 12.7 Å². The largest absolute Gasteiger partial charge is 0.394 e. The standard InChI is InChI=1S/C12H19NO2/c1-3-4-12(9-14)10(15)11(2)5-7-13(12)8-6-11/h3,14H,1,4-9H2,2H3. The number of aliphatic hydroxyl groups excluding tert-OH is 1. The predicted octanol–water partition coefficient (Wildman–Crippen LogP) is 0.978. The van der Waals surface area contributed by atoms with E-state index in [9.17, 15) is 9.90 Å². The van der Waals surface area contributed by atoms with E-state index in [1.165, 1.54) is 0 Å². The highest BCUT2D eigenvalue weighted by Crippen LogP contribution is 2.46. The zero-order valence-electron chi connectivity index (χ0n) is 9.33. The van der Waals surface area contributed by atoms with E-state index in [2.05, 4.69) is 11.5 Å². The fourth-order valence-corrected chi connectivity index (χ4v) is 3.06. The average Bonchev–Trinajstić information content (AvgIpc) is 2.25. The molecule has 84 valence electrons. The Balaban J connectivity index is 2.38. The minimum Gasteiger partial charge on any atom is -0.394 e. The maximum atomic E-state index is 12.4. The van der Waals surface area contributed by atoms with Crippen molar-refractivity contribution in [1.82, 2.24) is 4.90 Å². The van der Waals surface area contributed by atoms with Gasteiger partial charge in [-0.1, -0.05) is 13.0 Å². The molecule has 3 heteroatoms. The monoisotopic (exact) mass is 209 g/mol. The van der Waals surface area contributed by atoms with E-state index >= 15 is 0 Å². The average molecular weight is 209 g/mol. The summed E-state index contributed by atoms with van der Waals surface area (Å²) in [6.45, 7) is 7.52. The minimum absolute atomic E-state index is 0.0759. The molecule has 0 aromatic heterocycles. The Kier molecular flexibility index (Phi) is 2.47. The first-order chi connectivity index (χ1) is 7.09. The van der Waals surface area contributed by atoms with Crippen LogP contribution >= 0.6 is 0 Å². The van der Waals surface area contributed by atoms with Crippen LogP contribution in [0.2, 0.25) is 0 Å². The summed E-state index contributed by atoms with van der Waals surface area (Å²) in [6, 6.07) is 0. The summed E-state index contributed by atoms with van der Waals surface area (Å²) in [5, 5.41) is 9.57. The van der Waals surface area contributed by atoms with E-state index in [0.29, 0.717) is 6.42 Å². The van der Waals surface area contributed by atoms with Crippen molar-refractivity contribution in [1.29, 1.82) is 0 Å². The number of rotatable bonds is 3. The second-order valence-corrected chi connectivity index (χ2v) is 5.06. The highest BCUT2D eigenvalue weighted by Gasteiger charge is 2.57. The van der Waals surface area contributed by atoms with Gasteiger partial charge in [0.05, 0.1) is 6.61 Å². The Bertz CT molecular complexity index is 292. The van der Waals surface area contributed by atoms with Crippen LogP contribution in [-0.4, -0.2) is 41.0 Å². The van der Waals surface area contributed by atoms with Gasteiger partial charge in [0.1, 0.15) is 5.54 Å². The molecule has 3 saturated heterocycles. The number of carbonyl (C=O) groups is 1. The molecule has 0 amide bonds. The summed E-state index contributed by atoms with van der Waals surface area (Å²) in [6.07, 6.45) is 4.19. The number of ketones is 1. The minimum atomic E-state index is -0.660. The Hall–Kier alpha value is -0.670. The molecule has 3 fully saturated rings. The first-order valence-electron chi connectivity index (χ1n) is 5.61. The van der Waals surface area contributed by atoms with Gasteiger partial charge in [0.15, 0.2) is 5.78 Å². The maximum absolute atomic E-state index is 12.4. The second-order valence-electron chi connectivity index (χ2n) is 5.06. The third-order valence-electron chi connectivity index (χ3n) is 4.19. The number of nitrogens with zero attached hydrogens (tertiary/aromatic N) is 1. The van der Waals surface area contributed by atoms with Crippen LogP contribution in [0.1, 0.15) is 26.2 Å². The molecule has 3 aliphatic heterocycles. The second kappa shape index (κ2) is 3.42. The van der Waals surface area contributed by atoms with Crippen molar-refractivity contribution in [2.45, 2.75) is 31.7 Å². The van der Waals surface area contributed by atoms with Crippen molar-refractivity contribution in [3.05, 3.63) is 12.7 Å². The first kappa shape index (κ1) is 10.8. The van der Waals surface area contributed by atoms with E-state index in [1.54, 1.807) is 6.08 Å². The molecule has 1 unspecified atom stereocenters. The van der Waals surface area contributed by atoms with Crippen molar-refractivity contribution >= 4 is 5.78 Å². The van der Waals surface area contributed by atoms with Gasteiger partial charge in [-0.05, 0) is 19.3 Å². The van der Waals surface area contributed by atoms with Crippen LogP contribution < -0.4 is 0 Å². The molecule has 15 heavy (non-hydrogen) atoms. The molecule has 3 nitrogen and oxygen atoms in total. The molecular formula is C12H19NO2. The maximum Gasteiger partial charge on any atom is 0.161 e. The normalized spacial score (nSPS) is 44.4. The van der Waals surface area contributed by atoms with Crippen molar-refractivity contribution in [2.24, 2.45) is 5.41 Å². The number of Topliss-reactive ketones (excluding diaryl/α,β-unsaturated/α-hetero) is 1. The molecule has 0 radical (unpaired) electrons. The summed E-state index contributed by atoms with van der Waals surface area (Å²) in [7, 11) is 0. The van der Waals surface area contributed by atoms with Gasteiger partial charge in [0.25, 0.3) is 0 Å². The molecule has 0 aromatic carbocycles. The summed E-state index contributed by atoms with van der Waals surface area (Å²) in [5.74, 6) is 0.218. The lowest BCUT2D eigenvalue weighted by atomic mass is 9.63. The Labute approximate surface area is 90.8 Å². The molecule has 1 atom stereocenters. The van der Waals surface area contributed by atoms with Crippen molar-refractivity contribution < 1.29 is 9.90 Å². The van der Waals surface area contributed by atoms with Crippen LogP contribution in [-0.2, 0) is 4.79 Å². The lowest BCUT2D eigenvalue weighted by molar-refractivity contribution is -0.162. The van der Waals surface area contributed by atoms with Crippen LogP contribution in [0.25, 0.3) is 0 Å². The lowest BCUT2D eigenvalue weighted by Crippen LogP contribution is -2.69. The number of piperidine rings is 3. The lowest BCUT2D eigenvalue weighted by Gasteiger charge is -2.56. The fourth-order valence-electron chi connectivity index (χ4n) is 3.06. The highest BCUT2D eigenvalue weighted by atomic mass is 16.3. The first-order valence-corrected chi connectivity index (χ1v) is 5.61. The Morgan fingerprint density at radius 2 is 2.13 bits per heavy atom. The molecule has 3 rings (SSSR count). The number of aliphatic hydroxyl groups is 1. The molecule has 3 aliphatic rings. The van der Waals surface area contributed by atoms with Crippen LogP contribution in [0.4, 0.5) is 0 Å². The molecular weight excluding hydrogens is 190 g/mol. The number of hydrogen-bond acceptors (Lipinski definition) is 3. The molecule has 0 aromatic rings. The van der Waals surface area contributed by atoms with E-state index in [4.69, 9.17) is 0 Å². The van der Waals surface area contributed by atoms with Gasteiger partial charge in [-0.2, -0.15) is 0 Å². The van der Waals surface area contributed by atoms with Crippen LogP contribution in [0.5, 0.6) is 0 Å². The third-order valence-corrected chi connectivity index (χ3v) is 4.19. The Morgan fingerprint density at radius 3 is 2.60 bits per heavy atom. The molecule has 0 spiro atoms. The topological polar surface area (TPSA) is 40.5 Å². The highest BCUT2D eigenvalue weighted by molar-refractivity contribution is 5.95. The molecule has 0 aliphatic carbocycles. The molecule has 0 saturated carbocycles. The molecule has 1 N–H and O–H groups in total. The smallest absolute Gasteiger partial charge is 0.161 e. The van der Waals surface area contributed by atoms with Gasteiger partial charge in [-0.15, -0.1) is 6.58 Å². The molecule has 2 bridgehead atoms. The SMILES string of the molecule is C=CCC1(CO)C(=O)C2(C)CCN1CC2. The van der Waals surface area contributed by atoms with Gasteiger partial charge in [-0.3, -0.25) is 9.69 Å². The number of carbonyl (C=O) groups excluding carboxylic acids is 1. The van der Waals surface area contributed by atoms with E-state index < -0.39 is 5.54 Å². The number of fused-ring (bicyclic) bond motifs is 3. The van der Waals surface area contributed by atoms with Crippen LogP contribution in [0.3, 0.4) is 0 Å². The van der Waals surface area contributed by atoms with Gasteiger partial charge in [0, 0.05) is 18.5 Å². The van der Waals surface area contributed by atoms with Gasteiger partial charge in [0.2, 0.25) is 0 Å². The predicted molar refractivity (Wildman–Crippen MR) is 58.6 cm³/mol. The zero-order chi connectivity index (χ0) is 11.1. The molecule has 3 heterocycles.